The summed E-state index contributed by atoms with van der Waals surface area (Å²) in [6.07, 6.45) is 0. The van der Waals surface area contributed by atoms with Crippen molar-refractivity contribution < 1.29 is 39.6 Å². The summed E-state index contributed by atoms with van der Waals surface area (Å²) in [7, 11) is 0. The zero-order valence-electron chi connectivity index (χ0n) is 17.8. The number of hydrogen-bond donors (Lipinski definition) is 4. The van der Waals surface area contributed by atoms with Gasteiger partial charge in [0.05, 0.1) is 26.2 Å². The standard InChI is InChI=1S/C19H32N4O8/c1-14(2)15-9-22(12-18(28)29)6-5-20(10-16(24)25)3-4-21(11-17(26)27)7-8-23(15)13-19(30)31/h15H,1,3-13H2,2H3,(H,24,25)(H,26,27)(H,28,29)(H,30,31). The Bertz CT molecular complexity index is 671. The predicted molar refractivity (Wildman–Crippen MR) is 110 cm³/mol. The molecule has 31 heavy (non-hydrogen) atoms. The van der Waals surface area contributed by atoms with Crippen molar-refractivity contribution >= 4 is 23.9 Å². The van der Waals surface area contributed by atoms with Crippen LogP contribution in [-0.2, 0) is 19.2 Å². The summed E-state index contributed by atoms with van der Waals surface area (Å²) in [6, 6.07) is -0.463. The van der Waals surface area contributed by atoms with Gasteiger partial charge >= 0.3 is 23.9 Å². The van der Waals surface area contributed by atoms with Gasteiger partial charge in [-0.2, -0.15) is 0 Å². The molecule has 1 aliphatic rings. The first-order chi connectivity index (χ1) is 14.5. The highest BCUT2D eigenvalue weighted by Gasteiger charge is 2.27. The molecule has 0 amide bonds. The monoisotopic (exact) mass is 444 g/mol. The molecule has 0 spiro atoms. The van der Waals surface area contributed by atoms with Crippen LogP contribution in [0.1, 0.15) is 6.92 Å². The number of hydrogen-bond acceptors (Lipinski definition) is 8. The molecule has 4 N–H and O–H groups in total. The lowest BCUT2D eigenvalue weighted by atomic mass is 10.1. The quantitative estimate of drug-likeness (QED) is 0.305. The SMILES string of the molecule is C=C(C)C1CN(CC(=O)O)CCN(CC(=O)O)CCN(CC(=O)O)CCN1CC(=O)O. The molecule has 0 aliphatic carbocycles. The molecule has 12 nitrogen and oxygen atoms in total. The molecule has 0 aromatic heterocycles. The van der Waals surface area contributed by atoms with E-state index in [2.05, 4.69) is 6.58 Å². The molecule has 1 atom stereocenters. The van der Waals surface area contributed by atoms with Gasteiger partial charge in [-0.15, -0.1) is 0 Å². The number of rotatable bonds is 9. The zero-order chi connectivity index (χ0) is 23.6. The highest BCUT2D eigenvalue weighted by atomic mass is 16.4. The third-order valence-corrected chi connectivity index (χ3v) is 5.02. The van der Waals surface area contributed by atoms with Crippen molar-refractivity contribution in [3.05, 3.63) is 12.2 Å². The second kappa shape index (κ2) is 13.0. The van der Waals surface area contributed by atoms with E-state index in [1.807, 2.05) is 0 Å². The van der Waals surface area contributed by atoms with Gasteiger partial charge in [-0.25, -0.2) is 0 Å². The Kier molecular flexibility index (Phi) is 11.1. The van der Waals surface area contributed by atoms with Crippen LogP contribution in [0.2, 0.25) is 0 Å². The molecule has 0 saturated carbocycles. The zero-order valence-corrected chi connectivity index (χ0v) is 17.8. The van der Waals surface area contributed by atoms with Crippen LogP contribution in [0.15, 0.2) is 12.2 Å². The van der Waals surface area contributed by atoms with E-state index in [-0.39, 0.29) is 72.0 Å². The molecule has 12 heteroatoms. The third-order valence-electron chi connectivity index (χ3n) is 5.02. The maximum Gasteiger partial charge on any atom is 0.317 e. The molecule has 1 heterocycles. The number of carboxylic acids is 4. The molecule has 176 valence electrons. The van der Waals surface area contributed by atoms with Gasteiger partial charge in [0, 0.05) is 51.9 Å². The van der Waals surface area contributed by atoms with E-state index in [0.29, 0.717) is 5.57 Å². The van der Waals surface area contributed by atoms with Gasteiger partial charge < -0.3 is 20.4 Å². The Hall–Kier alpha value is -2.54. The topological polar surface area (TPSA) is 162 Å². The average molecular weight is 444 g/mol. The largest absolute Gasteiger partial charge is 0.480 e. The Morgan fingerprint density at radius 2 is 1.03 bits per heavy atom. The first kappa shape index (κ1) is 26.5. The van der Waals surface area contributed by atoms with Crippen LogP contribution in [0.3, 0.4) is 0 Å². The second-order valence-electron chi connectivity index (χ2n) is 7.69. The minimum Gasteiger partial charge on any atom is -0.480 e. The van der Waals surface area contributed by atoms with E-state index in [4.69, 9.17) is 0 Å². The molecular weight excluding hydrogens is 412 g/mol. The van der Waals surface area contributed by atoms with Gasteiger partial charge in [-0.05, 0) is 6.92 Å². The number of nitrogens with zero attached hydrogens (tertiary/aromatic N) is 4. The van der Waals surface area contributed by atoms with Crippen molar-refractivity contribution in [3.8, 4) is 0 Å². The molecule has 1 fully saturated rings. The van der Waals surface area contributed by atoms with Crippen LogP contribution in [0.25, 0.3) is 0 Å². The third kappa shape index (κ3) is 10.9. The van der Waals surface area contributed by atoms with Crippen molar-refractivity contribution in [1.82, 2.24) is 19.6 Å². The molecule has 1 saturated heterocycles. The molecule has 1 aliphatic heterocycles. The Labute approximate surface area is 180 Å². The van der Waals surface area contributed by atoms with Gasteiger partial charge in [0.2, 0.25) is 0 Å². The summed E-state index contributed by atoms with van der Waals surface area (Å²) in [6.45, 7) is 6.34. The van der Waals surface area contributed by atoms with E-state index >= 15 is 0 Å². The van der Waals surface area contributed by atoms with Gasteiger partial charge in [0.1, 0.15) is 0 Å². The van der Waals surface area contributed by atoms with Crippen molar-refractivity contribution in [2.45, 2.75) is 13.0 Å². The first-order valence-corrected chi connectivity index (χ1v) is 9.91. The fourth-order valence-electron chi connectivity index (χ4n) is 3.53. The summed E-state index contributed by atoms with van der Waals surface area (Å²) in [5.74, 6) is -4.17. The summed E-state index contributed by atoms with van der Waals surface area (Å²) < 4.78 is 0. The molecular formula is C19H32N4O8. The summed E-state index contributed by atoms with van der Waals surface area (Å²) in [5.41, 5.74) is 0.654. The van der Waals surface area contributed by atoms with E-state index in [1.54, 1.807) is 26.5 Å². The van der Waals surface area contributed by atoms with E-state index < -0.39 is 29.9 Å². The summed E-state index contributed by atoms with van der Waals surface area (Å²) >= 11 is 0. The van der Waals surface area contributed by atoms with Crippen LogP contribution >= 0.6 is 0 Å². The minimum absolute atomic E-state index is 0.203. The number of carboxylic acid groups (broad SMARTS) is 4. The lowest BCUT2D eigenvalue weighted by molar-refractivity contribution is -0.141. The number of aliphatic carboxylic acids is 4. The van der Waals surface area contributed by atoms with Crippen LogP contribution in [0.4, 0.5) is 0 Å². The molecule has 0 bridgehead atoms. The first-order valence-electron chi connectivity index (χ1n) is 9.91. The Balaban J connectivity index is 3.19. The fourth-order valence-corrected chi connectivity index (χ4v) is 3.53. The Morgan fingerprint density at radius 3 is 1.42 bits per heavy atom. The molecule has 1 unspecified atom stereocenters. The molecule has 0 radical (unpaired) electrons. The van der Waals surface area contributed by atoms with Crippen molar-refractivity contribution in [1.29, 1.82) is 0 Å². The maximum absolute atomic E-state index is 11.4. The predicted octanol–water partition coefficient (Wildman–Crippen LogP) is -1.51. The van der Waals surface area contributed by atoms with Crippen molar-refractivity contribution in [2.75, 3.05) is 72.0 Å². The normalized spacial score (nSPS) is 21.0. The maximum atomic E-state index is 11.4. The van der Waals surface area contributed by atoms with Crippen molar-refractivity contribution in [2.24, 2.45) is 0 Å². The smallest absolute Gasteiger partial charge is 0.317 e. The number of carbonyl (C=O) groups is 4. The summed E-state index contributed by atoms with van der Waals surface area (Å²) in [4.78, 5) is 51.8. The average Bonchev–Trinajstić information content (AvgIpc) is 2.61. The van der Waals surface area contributed by atoms with Crippen LogP contribution in [0.5, 0.6) is 0 Å². The van der Waals surface area contributed by atoms with Gasteiger partial charge in [0.25, 0.3) is 0 Å². The lowest BCUT2D eigenvalue weighted by Gasteiger charge is -2.37. The van der Waals surface area contributed by atoms with E-state index in [9.17, 15) is 39.6 Å². The minimum atomic E-state index is -1.06. The van der Waals surface area contributed by atoms with Crippen LogP contribution in [-0.4, -0.2) is 142 Å². The fraction of sp³-hybridized carbons (Fsp3) is 0.684. The second-order valence-corrected chi connectivity index (χ2v) is 7.69. The highest BCUT2D eigenvalue weighted by Crippen LogP contribution is 2.13. The van der Waals surface area contributed by atoms with Gasteiger partial charge in [0.15, 0.2) is 0 Å². The van der Waals surface area contributed by atoms with Crippen LogP contribution in [0, 0.1) is 0 Å². The van der Waals surface area contributed by atoms with Crippen LogP contribution < -0.4 is 0 Å². The molecule has 1 rings (SSSR count). The van der Waals surface area contributed by atoms with E-state index in [0.717, 1.165) is 0 Å². The van der Waals surface area contributed by atoms with Crippen molar-refractivity contribution in [3.63, 3.8) is 0 Å². The summed E-state index contributed by atoms with van der Waals surface area (Å²) in [5, 5.41) is 37.0. The molecule has 0 aromatic carbocycles. The van der Waals surface area contributed by atoms with Gasteiger partial charge in [-0.3, -0.25) is 38.8 Å². The van der Waals surface area contributed by atoms with E-state index in [1.165, 1.54) is 0 Å². The lowest BCUT2D eigenvalue weighted by Crippen LogP contribution is -2.53. The van der Waals surface area contributed by atoms with Gasteiger partial charge in [-0.1, -0.05) is 12.2 Å². The molecule has 0 aromatic rings. The Morgan fingerprint density at radius 1 is 0.677 bits per heavy atom. The highest BCUT2D eigenvalue weighted by molar-refractivity contribution is 5.70.